The lowest BCUT2D eigenvalue weighted by Crippen LogP contribution is -2.05. The van der Waals surface area contributed by atoms with E-state index in [2.05, 4.69) is 15.6 Å². The average molecular weight is 343 g/mol. The van der Waals surface area contributed by atoms with Crippen molar-refractivity contribution in [2.75, 3.05) is 10.6 Å². The SMILES string of the molecule is CC(=O)Nc1cccc(-c2cn3ccnc3c(Nc3ccccc3)n2)c1. The van der Waals surface area contributed by atoms with Crippen molar-refractivity contribution in [2.45, 2.75) is 6.92 Å². The predicted octanol–water partition coefficient (Wildman–Crippen LogP) is 4.10. The van der Waals surface area contributed by atoms with E-state index >= 15 is 0 Å². The number of anilines is 3. The van der Waals surface area contributed by atoms with E-state index < -0.39 is 0 Å². The van der Waals surface area contributed by atoms with Gasteiger partial charge in [0.05, 0.1) is 5.69 Å². The normalized spacial score (nSPS) is 10.7. The Morgan fingerprint density at radius 1 is 1.04 bits per heavy atom. The molecule has 2 aromatic heterocycles. The first kappa shape index (κ1) is 15.8. The fraction of sp³-hybridized carbons (Fsp3) is 0.0500. The first-order valence-corrected chi connectivity index (χ1v) is 8.23. The predicted molar refractivity (Wildman–Crippen MR) is 102 cm³/mol. The van der Waals surface area contributed by atoms with Gasteiger partial charge in [-0.15, -0.1) is 0 Å². The van der Waals surface area contributed by atoms with Crippen LogP contribution >= 0.6 is 0 Å². The highest BCUT2D eigenvalue weighted by atomic mass is 16.1. The van der Waals surface area contributed by atoms with Gasteiger partial charge in [0.25, 0.3) is 0 Å². The van der Waals surface area contributed by atoms with Crippen molar-refractivity contribution in [3.8, 4) is 11.3 Å². The average Bonchev–Trinajstić information content (AvgIpc) is 3.11. The molecular formula is C20H17N5O. The third-order valence-corrected chi connectivity index (χ3v) is 3.89. The van der Waals surface area contributed by atoms with Crippen LogP contribution in [0.2, 0.25) is 0 Å². The minimum absolute atomic E-state index is 0.105. The lowest BCUT2D eigenvalue weighted by Gasteiger charge is -2.11. The molecule has 2 heterocycles. The molecule has 2 N–H and O–H groups in total. The number of hydrogen-bond donors (Lipinski definition) is 2. The summed E-state index contributed by atoms with van der Waals surface area (Å²) in [5.74, 6) is 0.565. The molecule has 0 saturated heterocycles. The summed E-state index contributed by atoms with van der Waals surface area (Å²) in [5, 5.41) is 6.13. The maximum absolute atomic E-state index is 11.3. The zero-order chi connectivity index (χ0) is 17.9. The first-order valence-electron chi connectivity index (χ1n) is 8.23. The molecule has 0 aliphatic carbocycles. The van der Waals surface area contributed by atoms with E-state index in [4.69, 9.17) is 4.98 Å². The van der Waals surface area contributed by atoms with E-state index in [1.165, 1.54) is 6.92 Å². The number of imidazole rings is 1. The molecule has 4 rings (SSSR count). The van der Waals surface area contributed by atoms with E-state index in [0.717, 1.165) is 28.3 Å². The Bertz CT molecular complexity index is 1070. The highest BCUT2D eigenvalue weighted by molar-refractivity contribution is 5.89. The maximum Gasteiger partial charge on any atom is 0.221 e. The van der Waals surface area contributed by atoms with Crippen LogP contribution in [-0.4, -0.2) is 20.3 Å². The van der Waals surface area contributed by atoms with E-state index in [1.807, 2.05) is 71.4 Å². The summed E-state index contributed by atoms with van der Waals surface area (Å²) in [4.78, 5) is 20.4. The van der Waals surface area contributed by atoms with Crippen molar-refractivity contribution in [1.82, 2.24) is 14.4 Å². The fourth-order valence-electron chi connectivity index (χ4n) is 2.77. The van der Waals surface area contributed by atoms with Gasteiger partial charge >= 0.3 is 0 Å². The monoisotopic (exact) mass is 343 g/mol. The largest absolute Gasteiger partial charge is 0.337 e. The van der Waals surface area contributed by atoms with Crippen LogP contribution in [0.25, 0.3) is 16.9 Å². The highest BCUT2D eigenvalue weighted by Gasteiger charge is 2.10. The van der Waals surface area contributed by atoms with Crippen LogP contribution in [0.3, 0.4) is 0 Å². The summed E-state index contributed by atoms with van der Waals surface area (Å²) in [5.41, 5.74) is 4.11. The van der Waals surface area contributed by atoms with Crippen LogP contribution in [0.5, 0.6) is 0 Å². The Kier molecular flexibility index (Phi) is 4.07. The molecule has 6 nitrogen and oxygen atoms in total. The van der Waals surface area contributed by atoms with Gasteiger partial charge in [-0.05, 0) is 24.3 Å². The molecule has 0 saturated carbocycles. The molecule has 0 aliphatic rings. The number of nitrogens with one attached hydrogen (secondary N) is 2. The molecule has 0 spiro atoms. The Labute approximate surface area is 150 Å². The summed E-state index contributed by atoms with van der Waals surface area (Å²) in [6.07, 6.45) is 5.55. The lowest BCUT2D eigenvalue weighted by molar-refractivity contribution is -0.114. The van der Waals surface area contributed by atoms with Crippen LogP contribution in [0, 0.1) is 0 Å². The Balaban J connectivity index is 1.78. The lowest BCUT2D eigenvalue weighted by atomic mass is 10.1. The van der Waals surface area contributed by atoms with Crippen LogP contribution in [-0.2, 0) is 4.79 Å². The van der Waals surface area contributed by atoms with Gasteiger partial charge in [0.2, 0.25) is 5.91 Å². The molecule has 128 valence electrons. The minimum Gasteiger partial charge on any atom is -0.337 e. The van der Waals surface area contributed by atoms with E-state index in [9.17, 15) is 4.79 Å². The van der Waals surface area contributed by atoms with Gasteiger partial charge in [0.15, 0.2) is 11.5 Å². The second-order valence-electron chi connectivity index (χ2n) is 5.89. The van der Waals surface area contributed by atoms with Gasteiger partial charge in [-0.2, -0.15) is 0 Å². The van der Waals surface area contributed by atoms with Gasteiger partial charge in [0, 0.05) is 42.5 Å². The number of rotatable bonds is 4. The molecule has 6 heteroatoms. The summed E-state index contributed by atoms with van der Waals surface area (Å²) >= 11 is 0. The Morgan fingerprint density at radius 3 is 2.65 bits per heavy atom. The summed E-state index contributed by atoms with van der Waals surface area (Å²) in [7, 11) is 0. The highest BCUT2D eigenvalue weighted by Crippen LogP contribution is 2.26. The topological polar surface area (TPSA) is 71.3 Å². The van der Waals surface area contributed by atoms with Gasteiger partial charge in [0.1, 0.15) is 0 Å². The van der Waals surface area contributed by atoms with E-state index in [1.54, 1.807) is 6.20 Å². The number of amides is 1. The van der Waals surface area contributed by atoms with Gasteiger partial charge < -0.3 is 15.0 Å². The molecule has 0 unspecified atom stereocenters. The number of carbonyl (C=O) groups excluding carboxylic acids is 1. The Morgan fingerprint density at radius 2 is 1.85 bits per heavy atom. The third kappa shape index (κ3) is 3.25. The molecule has 1 amide bonds. The summed E-state index contributed by atoms with van der Waals surface area (Å²) < 4.78 is 1.93. The minimum atomic E-state index is -0.105. The molecule has 0 bridgehead atoms. The van der Waals surface area contributed by atoms with Gasteiger partial charge in [-0.1, -0.05) is 30.3 Å². The van der Waals surface area contributed by atoms with E-state index in [-0.39, 0.29) is 5.91 Å². The van der Waals surface area contributed by atoms with Crippen molar-refractivity contribution in [3.63, 3.8) is 0 Å². The smallest absolute Gasteiger partial charge is 0.221 e. The Hall–Kier alpha value is -3.67. The van der Waals surface area contributed by atoms with Crippen molar-refractivity contribution in [2.24, 2.45) is 0 Å². The maximum atomic E-state index is 11.3. The van der Waals surface area contributed by atoms with Crippen molar-refractivity contribution < 1.29 is 4.79 Å². The van der Waals surface area contributed by atoms with E-state index in [0.29, 0.717) is 5.82 Å². The molecule has 0 radical (unpaired) electrons. The van der Waals surface area contributed by atoms with Gasteiger partial charge in [-0.3, -0.25) is 4.79 Å². The molecular weight excluding hydrogens is 326 g/mol. The van der Waals surface area contributed by atoms with Crippen LogP contribution in [0.15, 0.2) is 73.2 Å². The molecule has 0 aliphatic heterocycles. The third-order valence-electron chi connectivity index (χ3n) is 3.89. The zero-order valence-electron chi connectivity index (χ0n) is 14.2. The summed E-state index contributed by atoms with van der Waals surface area (Å²) in [6, 6.07) is 17.5. The van der Waals surface area contributed by atoms with Crippen LogP contribution in [0.4, 0.5) is 17.2 Å². The second-order valence-corrected chi connectivity index (χ2v) is 5.89. The van der Waals surface area contributed by atoms with Crippen LogP contribution < -0.4 is 10.6 Å². The molecule has 0 fully saturated rings. The van der Waals surface area contributed by atoms with Crippen molar-refractivity contribution >= 4 is 28.7 Å². The number of benzene rings is 2. The molecule has 0 atom stereocenters. The number of nitrogens with zero attached hydrogens (tertiary/aromatic N) is 3. The number of hydrogen-bond acceptors (Lipinski definition) is 4. The zero-order valence-corrected chi connectivity index (χ0v) is 14.2. The molecule has 2 aromatic carbocycles. The summed E-state index contributed by atoms with van der Waals surface area (Å²) in [6.45, 7) is 1.49. The fourth-order valence-corrected chi connectivity index (χ4v) is 2.77. The molecule has 26 heavy (non-hydrogen) atoms. The standard InChI is InChI=1S/C20H17N5O/c1-14(26)22-17-9-5-6-15(12-17)18-13-25-11-10-21-20(25)19(24-18)23-16-7-3-2-4-8-16/h2-13H,1H3,(H,22,26)(H,23,24). The van der Waals surface area contributed by atoms with Gasteiger partial charge in [-0.25, -0.2) is 9.97 Å². The second kappa shape index (κ2) is 6.68. The first-order chi connectivity index (χ1) is 12.7. The quantitative estimate of drug-likeness (QED) is 0.585. The molecule has 4 aromatic rings. The van der Waals surface area contributed by atoms with Crippen molar-refractivity contribution in [1.29, 1.82) is 0 Å². The number of carbonyl (C=O) groups is 1. The van der Waals surface area contributed by atoms with Crippen molar-refractivity contribution in [3.05, 3.63) is 73.2 Å². The van der Waals surface area contributed by atoms with Crippen LogP contribution in [0.1, 0.15) is 6.92 Å². The number of aromatic nitrogens is 3. The number of para-hydroxylation sites is 1. The number of fused-ring (bicyclic) bond motifs is 1.